The van der Waals surface area contributed by atoms with Gasteiger partial charge >= 0.3 is 0 Å². The Bertz CT molecular complexity index is 631. The van der Waals surface area contributed by atoms with Crippen LogP contribution in [0.5, 0.6) is 0 Å². The molecule has 0 amide bonds. The second-order valence-electron chi connectivity index (χ2n) is 3.52. The van der Waals surface area contributed by atoms with E-state index in [1.54, 1.807) is 18.5 Å². The van der Waals surface area contributed by atoms with E-state index in [-0.39, 0.29) is 0 Å². The van der Waals surface area contributed by atoms with Crippen molar-refractivity contribution in [3.05, 3.63) is 53.9 Å². The number of pyridine rings is 1. The predicted octanol–water partition coefficient (Wildman–Crippen LogP) is 4.15. The monoisotopic (exact) mass is 229 g/mol. The van der Waals surface area contributed by atoms with E-state index in [4.69, 9.17) is 16.0 Å². The number of hydrogen-bond donors (Lipinski definition) is 0. The Morgan fingerprint density at radius 1 is 1.12 bits per heavy atom. The van der Waals surface area contributed by atoms with Gasteiger partial charge in [0.15, 0.2) is 5.58 Å². The van der Waals surface area contributed by atoms with Gasteiger partial charge in [-0.2, -0.15) is 0 Å². The largest absolute Gasteiger partial charge is 0.462 e. The fourth-order valence-corrected chi connectivity index (χ4v) is 1.86. The van der Waals surface area contributed by atoms with Crippen LogP contribution in [0.15, 0.2) is 53.3 Å². The van der Waals surface area contributed by atoms with Crippen LogP contribution in [0.4, 0.5) is 0 Å². The molecule has 2 aromatic heterocycles. The number of fused-ring (bicyclic) bond motifs is 1. The van der Waals surface area contributed by atoms with Gasteiger partial charge in [0.1, 0.15) is 11.8 Å². The maximum absolute atomic E-state index is 5.85. The molecule has 0 N–H and O–H groups in total. The first-order chi connectivity index (χ1) is 7.84. The van der Waals surface area contributed by atoms with Gasteiger partial charge in [0.2, 0.25) is 0 Å². The number of aromatic nitrogens is 1. The number of halogens is 1. The molecule has 0 radical (unpaired) electrons. The van der Waals surface area contributed by atoms with Crippen molar-refractivity contribution < 1.29 is 4.42 Å². The van der Waals surface area contributed by atoms with E-state index < -0.39 is 0 Å². The third-order valence-electron chi connectivity index (χ3n) is 2.46. The lowest BCUT2D eigenvalue weighted by molar-refractivity contribution is 0.616. The summed E-state index contributed by atoms with van der Waals surface area (Å²) in [7, 11) is 0. The summed E-state index contributed by atoms with van der Waals surface area (Å²) < 4.78 is 5.44. The van der Waals surface area contributed by atoms with Gasteiger partial charge in [0.05, 0.1) is 5.02 Å². The topological polar surface area (TPSA) is 26.0 Å². The molecule has 0 aliphatic heterocycles. The summed E-state index contributed by atoms with van der Waals surface area (Å²) in [5.41, 5.74) is 3.64. The van der Waals surface area contributed by atoms with Crippen LogP contribution in [0.25, 0.3) is 22.2 Å². The van der Waals surface area contributed by atoms with Gasteiger partial charge in [-0.05, 0) is 5.56 Å². The van der Waals surface area contributed by atoms with Crippen molar-refractivity contribution in [1.82, 2.24) is 4.98 Å². The molecule has 3 rings (SSSR count). The third kappa shape index (κ3) is 1.48. The van der Waals surface area contributed by atoms with Crippen LogP contribution < -0.4 is 0 Å². The SMILES string of the molecule is Clc1cnc2c(-c3ccccc3)coc2c1. The molecule has 3 heteroatoms. The van der Waals surface area contributed by atoms with Crippen LogP contribution in [-0.4, -0.2) is 4.98 Å². The minimum atomic E-state index is 0.585. The standard InChI is InChI=1S/C13H8ClNO/c14-10-6-12-13(15-7-10)11(8-16-12)9-4-2-1-3-5-9/h1-8H. The van der Waals surface area contributed by atoms with E-state index in [1.165, 1.54) is 0 Å². The van der Waals surface area contributed by atoms with Gasteiger partial charge < -0.3 is 4.42 Å². The zero-order valence-corrected chi connectivity index (χ0v) is 9.11. The van der Waals surface area contributed by atoms with Gasteiger partial charge in [0, 0.05) is 17.8 Å². The lowest BCUT2D eigenvalue weighted by Gasteiger charge is -1.96. The lowest BCUT2D eigenvalue weighted by Crippen LogP contribution is -1.78. The molecule has 2 heterocycles. The van der Waals surface area contributed by atoms with E-state index in [2.05, 4.69) is 4.98 Å². The van der Waals surface area contributed by atoms with Gasteiger partial charge in [-0.25, -0.2) is 0 Å². The molecule has 3 aromatic rings. The maximum atomic E-state index is 5.85. The summed E-state index contributed by atoms with van der Waals surface area (Å²) in [6, 6.07) is 11.8. The molecule has 0 saturated heterocycles. The molecule has 0 aliphatic carbocycles. The first-order valence-electron chi connectivity index (χ1n) is 4.93. The Kier molecular flexibility index (Phi) is 2.15. The van der Waals surface area contributed by atoms with Crippen LogP contribution in [-0.2, 0) is 0 Å². The van der Waals surface area contributed by atoms with E-state index in [0.29, 0.717) is 10.6 Å². The molecule has 0 atom stereocenters. The Labute approximate surface area is 97.5 Å². The zero-order chi connectivity index (χ0) is 11.0. The highest BCUT2D eigenvalue weighted by Gasteiger charge is 2.09. The maximum Gasteiger partial charge on any atom is 0.154 e. The zero-order valence-electron chi connectivity index (χ0n) is 8.35. The smallest absolute Gasteiger partial charge is 0.154 e. The molecule has 0 saturated carbocycles. The summed E-state index contributed by atoms with van der Waals surface area (Å²) >= 11 is 5.85. The third-order valence-corrected chi connectivity index (χ3v) is 2.67. The number of benzene rings is 1. The van der Waals surface area contributed by atoms with E-state index >= 15 is 0 Å². The van der Waals surface area contributed by atoms with Crippen molar-refractivity contribution in [2.24, 2.45) is 0 Å². The second kappa shape index (κ2) is 3.65. The van der Waals surface area contributed by atoms with Crippen LogP contribution in [0.1, 0.15) is 0 Å². The van der Waals surface area contributed by atoms with Gasteiger partial charge in [-0.3, -0.25) is 4.98 Å². The second-order valence-corrected chi connectivity index (χ2v) is 3.95. The van der Waals surface area contributed by atoms with Crippen molar-refractivity contribution in [2.75, 3.05) is 0 Å². The van der Waals surface area contributed by atoms with Crippen molar-refractivity contribution in [1.29, 1.82) is 0 Å². The lowest BCUT2D eigenvalue weighted by atomic mass is 10.1. The molecule has 0 spiro atoms. The van der Waals surface area contributed by atoms with Crippen molar-refractivity contribution >= 4 is 22.7 Å². The molecular weight excluding hydrogens is 222 g/mol. The van der Waals surface area contributed by atoms with Gasteiger partial charge in [0.25, 0.3) is 0 Å². The Balaban J connectivity index is 2.26. The fourth-order valence-electron chi connectivity index (χ4n) is 1.71. The first kappa shape index (κ1) is 9.43. The van der Waals surface area contributed by atoms with E-state index in [1.807, 2.05) is 30.3 Å². The van der Waals surface area contributed by atoms with E-state index in [9.17, 15) is 0 Å². The molecule has 1 aromatic carbocycles. The quantitative estimate of drug-likeness (QED) is 0.627. The minimum absolute atomic E-state index is 0.585. The average molecular weight is 230 g/mol. The summed E-state index contributed by atoms with van der Waals surface area (Å²) in [5.74, 6) is 0. The molecule has 0 unspecified atom stereocenters. The summed E-state index contributed by atoms with van der Waals surface area (Å²) in [6.07, 6.45) is 3.34. The van der Waals surface area contributed by atoms with E-state index in [0.717, 1.165) is 16.6 Å². The number of furan rings is 1. The normalized spacial score (nSPS) is 10.8. The van der Waals surface area contributed by atoms with Crippen molar-refractivity contribution in [3.63, 3.8) is 0 Å². The summed E-state index contributed by atoms with van der Waals surface area (Å²) in [5, 5.41) is 0.585. The van der Waals surface area contributed by atoms with Crippen LogP contribution in [0.2, 0.25) is 5.02 Å². The first-order valence-corrected chi connectivity index (χ1v) is 5.30. The molecule has 0 aliphatic rings. The predicted molar refractivity (Wildman–Crippen MR) is 64.5 cm³/mol. The highest BCUT2D eigenvalue weighted by Crippen LogP contribution is 2.29. The van der Waals surface area contributed by atoms with Gasteiger partial charge in [-0.15, -0.1) is 0 Å². The number of rotatable bonds is 1. The number of nitrogens with zero attached hydrogens (tertiary/aromatic N) is 1. The molecule has 16 heavy (non-hydrogen) atoms. The van der Waals surface area contributed by atoms with Crippen LogP contribution in [0, 0.1) is 0 Å². The molecule has 0 fully saturated rings. The molecule has 78 valence electrons. The van der Waals surface area contributed by atoms with Crippen LogP contribution in [0.3, 0.4) is 0 Å². The fraction of sp³-hybridized carbons (Fsp3) is 0. The number of hydrogen-bond acceptors (Lipinski definition) is 2. The Morgan fingerprint density at radius 3 is 2.75 bits per heavy atom. The summed E-state index contributed by atoms with van der Waals surface area (Å²) in [6.45, 7) is 0. The van der Waals surface area contributed by atoms with Gasteiger partial charge in [-0.1, -0.05) is 41.9 Å². The Morgan fingerprint density at radius 2 is 1.94 bits per heavy atom. The Hall–Kier alpha value is -1.80. The minimum Gasteiger partial charge on any atom is -0.462 e. The summed E-state index contributed by atoms with van der Waals surface area (Å²) in [4.78, 5) is 4.29. The molecule has 2 nitrogen and oxygen atoms in total. The van der Waals surface area contributed by atoms with Crippen LogP contribution >= 0.6 is 11.6 Å². The van der Waals surface area contributed by atoms with Crippen molar-refractivity contribution in [3.8, 4) is 11.1 Å². The average Bonchev–Trinajstić information content (AvgIpc) is 2.73. The molecule has 0 bridgehead atoms. The highest BCUT2D eigenvalue weighted by atomic mass is 35.5. The molecular formula is C13H8ClNO. The highest BCUT2D eigenvalue weighted by molar-refractivity contribution is 6.31. The van der Waals surface area contributed by atoms with Crippen molar-refractivity contribution in [2.45, 2.75) is 0 Å².